The van der Waals surface area contributed by atoms with Crippen molar-refractivity contribution in [2.75, 3.05) is 7.11 Å². The molecule has 1 N–H and O–H groups in total. The number of nitrogens with zero attached hydrogens (tertiary/aromatic N) is 2. The van der Waals surface area contributed by atoms with E-state index in [1.807, 2.05) is 6.20 Å². The fourth-order valence-corrected chi connectivity index (χ4v) is 3.62. The van der Waals surface area contributed by atoms with E-state index in [9.17, 15) is 9.90 Å². The van der Waals surface area contributed by atoms with Gasteiger partial charge in [-0.1, -0.05) is 11.6 Å². The molecule has 0 radical (unpaired) electrons. The van der Waals surface area contributed by atoms with Crippen molar-refractivity contribution in [3.8, 4) is 5.75 Å². The van der Waals surface area contributed by atoms with Gasteiger partial charge in [0.05, 0.1) is 18.3 Å². The SMILES string of the molecule is COc1ccc(Cl)cc1C(=O)/N=c1\sn(C(C)(C)C)cc1CCC(C)(C)O. The lowest BCUT2D eigenvalue weighted by molar-refractivity contribution is 0.0713. The quantitative estimate of drug-likeness (QED) is 0.793. The fraction of sp³-hybridized carbons (Fsp3) is 0.500. The van der Waals surface area contributed by atoms with E-state index in [1.54, 1.807) is 32.0 Å². The molecule has 0 fully saturated rings. The van der Waals surface area contributed by atoms with E-state index in [1.165, 1.54) is 18.6 Å². The largest absolute Gasteiger partial charge is 0.496 e. The van der Waals surface area contributed by atoms with Crippen LogP contribution in [0.15, 0.2) is 29.4 Å². The van der Waals surface area contributed by atoms with Crippen molar-refractivity contribution in [3.05, 3.63) is 45.2 Å². The standard InChI is InChI=1S/C20H27ClN2O3S/c1-19(2,3)23-12-13(9-10-20(4,5)25)18(27-23)22-17(24)15-11-14(21)7-8-16(15)26-6/h7-8,11-12,25H,9-10H2,1-6H3/b22-18-. The first kappa shape index (κ1) is 21.7. The summed E-state index contributed by atoms with van der Waals surface area (Å²) in [6.07, 6.45) is 3.21. The first-order valence-electron chi connectivity index (χ1n) is 8.78. The van der Waals surface area contributed by atoms with Crippen LogP contribution >= 0.6 is 23.1 Å². The Hall–Kier alpha value is -1.63. The molecule has 0 atom stereocenters. The van der Waals surface area contributed by atoms with E-state index in [4.69, 9.17) is 16.3 Å². The van der Waals surface area contributed by atoms with Gasteiger partial charge in [-0.05, 0) is 77.2 Å². The zero-order valence-corrected chi connectivity index (χ0v) is 18.2. The molecule has 7 heteroatoms. The molecule has 0 spiro atoms. The minimum Gasteiger partial charge on any atom is -0.496 e. The Kier molecular flexibility index (Phi) is 6.55. The van der Waals surface area contributed by atoms with Crippen LogP contribution < -0.4 is 9.41 Å². The smallest absolute Gasteiger partial charge is 0.282 e. The summed E-state index contributed by atoms with van der Waals surface area (Å²) < 4.78 is 7.98. The molecule has 0 unspecified atom stereocenters. The van der Waals surface area contributed by atoms with Gasteiger partial charge in [0.15, 0.2) is 0 Å². The van der Waals surface area contributed by atoms with Gasteiger partial charge >= 0.3 is 0 Å². The molecule has 0 aliphatic heterocycles. The van der Waals surface area contributed by atoms with Crippen LogP contribution in [0.25, 0.3) is 0 Å². The summed E-state index contributed by atoms with van der Waals surface area (Å²) >= 11 is 7.47. The number of carbonyl (C=O) groups excluding carboxylic acids is 1. The van der Waals surface area contributed by atoms with E-state index >= 15 is 0 Å². The third-order valence-corrected chi connectivity index (χ3v) is 5.61. The highest BCUT2D eigenvalue weighted by Crippen LogP contribution is 2.24. The number of hydrogen-bond donors (Lipinski definition) is 1. The zero-order valence-electron chi connectivity index (χ0n) is 16.7. The third kappa shape index (κ3) is 5.92. The molecule has 0 bridgehead atoms. The van der Waals surface area contributed by atoms with Gasteiger partial charge in [-0.3, -0.25) is 8.75 Å². The molecule has 148 valence electrons. The average molecular weight is 411 g/mol. The molecule has 1 aromatic carbocycles. The Bertz CT molecular complexity index is 886. The number of aromatic nitrogens is 1. The number of rotatable bonds is 5. The molecule has 2 rings (SSSR count). The minimum atomic E-state index is -0.786. The van der Waals surface area contributed by atoms with Crippen molar-refractivity contribution >= 4 is 29.0 Å². The Morgan fingerprint density at radius 2 is 1.96 bits per heavy atom. The van der Waals surface area contributed by atoms with E-state index < -0.39 is 11.5 Å². The number of amides is 1. The number of methoxy groups -OCH3 is 1. The summed E-state index contributed by atoms with van der Waals surface area (Å²) in [5.41, 5.74) is 0.352. The molecule has 2 aromatic rings. The second-order valence-corrected chi connectivity index (χ2v) is 9.52. The van der Waals surface area contributed by atoms with Gasteiger partial charge in [0.2, 0.25) is 0 Å². The monoisotopic (exact) mass is 410 g/mol. The summed E-state index contributed by atoms with van der Waals surface area (Å²) in [7, 11) is 1.51. The molecule has 0 saturated heterocycles. The van der Waals surface area contributed by atoms with Crippen LogP contribution in [-0.4, -0.2) is 27.7 Å². The van der Waals surface area contributed by atoms with Crippen LogP contribution in [0.3, 0.4) is 0 Å². The van der Waals surface area contributed by atoms with Gasteiger partial charge in [0.1, 0.15) is 10.4 Å². The normalized spacial score (nSPS) is 13.1. The Labute approximate surface area is 169 Å². The highest BCUT2D eigenvalue weighted by molar-refractivity contribution is 7.04. The van der Waals surface area contributed by atoms with E-state index in [-0.39, 0.29) is 5.54 Å². The number of aryl methyl sites for hydroxylation is 1. The Morgan fingerprint density at radius 1 is 1.30 bits per heavy atom. The first-order valence-corrected chi connectivity index (χ1v) is 9.93. The fourth-order valence-electron chi connectivity index (χ4n) is 2.41. The summed E-state index contributed by atoms with van der Waals surface area (Å²) in [5.74, 6) is 0.0354. The van der Waals surface area contributed by atoms with Gasteiger partial charge in [0.25, 0.3) is 5.91 Å². The van der Waals surface area contributed by atoms with Crippen LogP contribution in [0.4, 0.5) is 0 Å². The maximum atomic E-state index is 12.8. The van der Waals surface area contributed by atoms with Crippen LogP contribution in [-0.2, 0) is 12.0 Å². The van der Waals surface area contributed by atoms with Crippen molar-refractivity contribution in [3.63, 3.8) is 0 Å². The lowest BCUT2D eigenvalue weighted by atomic mass is 10.0. The molecule has 1 aromatic heterocycles. The highest BCUT2D eigenvalue weighted by Gasteiger charge is 2.19. The van der Waals surface area contributed by atoms with E-state index in [0.29, 0.717) is 33.8 Å². The highest BCUT2D eigenvalue weighted by atomic mass is 35.5. The lowest BCUT2D eigenvalue weighted by Gasteiger charge is -2.19. The second kappa shape index (κ2) is 8.17. The van der Waals surface area contributed by atoms with Crippen molar-refractivity contribution < 1.29 is 14.6 Å². The van der Waals surface area contributed by atoms with Crippen LogP contribution in [0.2, 0.25) is 5.02 Å². The predicted molar refractivity (Wildman–Crippen MR) is 110 cm³/mol. The number of halogens is 1. The number of hydrogen-bond acceptors (Lipinski definition) is 4. The van der Waals surface area contributed by atoms with Crippen molar-refractivity contribution in [1.82, 2.24) is 3.96 Å². The lowest BCUT2D eigenvalue weighted by Crippen LogP contribution is -2.20. The topological polar surface area (TPSA) is 63.8 Å². The molecular formula is C20H27ClN2O3S. The molecule has 0 saturated carbocycles. The maximum Gasteiger partial charge on any atom is 0.282 e. The minimum absolute atomic E-state index is 0.126. The number of carbonyl (C=O) groups is 1. The number of ether oxygens (including phenoxy) is 1. The molecule has 1 amide bonds. The van der Waals surface area contributed by atoms with Crippen molar-refractivity contribution in [2.24, 2.45) is 4.99 Å². The van der Waals surface area contributed by atoms with Gasteiger partial charge < -0.3 is 9.84 Å². The molecular weight excluding hydrogens is 384 g/mol. The molecule has 27 heavy (non-hydrogen) atoms. The molecule has 5 nitrogen and oxygen atoms in total. The number of aliphatic hydroxyl groups is 1. The second-order valence-electron chi connectivity index (χ2n) is 8.12. The maximum absolute atomic E-state index is 12.8. The Morgan fingerprint density at radius 3 is 2.52 bits per heavy atom. The van der Waals surface area contributed by atoms with Gasteiger partial charge in [-0.2, -0.15) is 4.99 Å². The summed E-state index contributed by atoms with van der Waals surface area (Å²) in [4.78, 5) is 17.2. The summed E-state index contributed by atoms with van der Waals surface area (Å²) in [5, 5.41) is 10.5. The first-order chi connectivity index (χ1) is 12.4. The average Bonchev–Trinajstić information content (AvgIpc) is 2.95. The molecule has 1 heterocycles. The van der Waals surface area contributed by atoms with Gasteiger partial charge in [-0.15, -0.1) is 0 Å². The zero-order chi connectivity index (χ0) is 20.4. The van der Waals surface area contributed by atoms with Gasteiger partial charge in [0, 0.05) is 22.3 Å². The van der Waals surface area contributed by atoms with E-state index in [2.05, 4.69) is 29.7 Å². The number of benzene rings is 1. The summed E-state index contributed by atoms with van der Waals surface area (Å²) in [6, 6.07) is 4.89. The van der Waals surface area contributed by atoms with Crippen LogP contribution in [0.1, 0.15) is 57.0 Å². The Balaban J connectivity index is 2.50. The molecule has 0 aliphatic rings. The van der Waals surface area contributed by atoms with Crippen LogP contribution in [0.5, 0.6) is 5.75 Å². The summed E-state index contributed by atoms with van der Waals surface area (Å²) in [6.45, 7) is 9.82. The van der Waals surface area contributed by atoms with Crippen molar-refractivity contribution in [2.45, 2.75) is 58.6 Å². The third-order valence-electron chi connectivity index (χ3n) is 3.99. The predicted octanol–water partition coefficient (Wildman–Crippen LogP) is 4.41. The van der Waals surface area contributed by atoms with Crippen molar-refractivity contribution in [1.29, 1.82) is 0 Å². The van der Waals surface area contributed by atoms with Crippen LogP contribution in [0, 0.1) is 0 Å². The molecule has 0 aliphatic carbocycles. The van der Waals surface area contributed by atoms with Gasteiger partial charge in [-0.25, -0.2) is 0 Å². The van der Waals surface area contributed by atoms with E-state index in [0.717, 1.165) is 5.56 Å².